The Morgan fingerprint density at radius 2 is 2.03 bits per heavy atom. The van der Waals surface area contributed by atoms with E-state index in [4.69, 9.17) is 20.2 Å². The summed E-state index contributed by atoms with van der Waals surface area (Å²) in [5, 5.41) is 3.23. The minimum atomic E-state index is -4.51. The fraction of sp³-hybridized carbons (Fsp3) is 0.542. The number of carbonyl (C=O) groups is 1. The molecule has 3 N–H and O–H groups in total. The molecule has 1 fully saturated rings. The number of nitrogens with two attached hydrogens (primary N) is 1. The summed E-state index contributed by atoms with van der Waals surface area (Å²) >= 11 is 0. The second kappa shape index (κ2) is 9.07. The molecule has 3 aliphatic heterocycles. The minimum Gasteiger partial charge on any atom is -0.399 e. The van der Waals surface area contributed by atoms with E-state index >= 15 is 0 Å². The largest absolute Gasteiger partial charge is 0.416 e. The number of nitrogen functional groups attached to an aromatic ring is 1. The lowest BCUT2D eigenvalue weighted by molar-refractivity contribution is -0.167. The number of benzene rings is 1. The van der Waals surface area contributed by atoms with Gasteiger partial charge in [-0.3, -0.25) is 9.79 Å². The number of fused-ring (bicyclic) bond motifs is 3. The van der Waals surface area contributed by atoms with Crippen molar-refractivity contribution in [2.75, 3.05) is 37.9 Å². The van der Waals surface area contributed by atoms with Crippen LogP contribution in [0.15, 0.2) is 23.2 Å². The molecular weight excluding hydrogens is 477 g/mol. The smallest absolute Gasteiger partial charge is 0.399 e. The number of amides is 1. The van der Waals surface area contributed by atoms with E-state index in [0.29, 0.717) is 69.2 Å². The monoisotopic (exact) mass is 506 g/mol. The van der Waals surface area contributed by atoms with Crippen molar-refractivity contribution in [3.63, 3.8) is 0 Å². The molecular formula is C24H29F3N6O3. The molecule has 0 saturated carbocycles. The summed E-state index contributed by atoms with van der Waals surface area (Å²) in [6, 6.07) is 2.83. The highest BCUT2D eigenvalue weighted by Gasteiger charge is 2.45. The number of nitrogens with zero attached hydrogens (tertiary/aromatic N) is 4. The lowest BCUT2D eigenvalue weighted by Crippen LogP contribution is -2.52. The van der Waals surface area contributed by atoms with Gasteiger partial charge < -0.3 is 30.0 Å². The fourth-order valence-corrected chi connectivity index (χ4v) is 5.16. The van der Waals surface area contributed by atoms with Crippen molar-refractivity contribution in [1.82, 2.24) is 14.5 Å². The second-order valence-corrected chi connectivity index (χ2v) is 9.43. The molecule has 1 atom stereocenters. The molecule has 1 aromatic heterocycles. The molecule has 0 bridgehead atoms. The number of aromatic nitrogens is 2. The summed E-state index contributed by atoms with van der Waals surface area (Å²) in [7, 11) is 1.55. The summed E-state index contributed by atoms with van der Waals surface area (Å²) in [6.45, 7) is 4.68. The third-order valence-corrected chi connectivity index (χ3v) is 7.19. The van der Waals surface area contributed by atoms with Crippen molar-refractivity contribution < 1.29 is 27.4 Å². The molecule has 1 aromatic carbocycles. The molecule has 0 radical (unpaired) electrons. The first kappa shape index (κ1) is 24.6. The Kier molecular flexibility index (Phi) is 6.19. The summed E-state index contributed by atoms with van der Waals surface area (Å²) in [5.74, 6) is 0.527. The van der Waals surface area contributed by atoms with Crippen molar-refractivity contribution in [2.24, 2.45) is 4.99 Å². The molecule has 1 saturated heterocycles. The molecule has 0 aliphatic carbocycles. The molecule has 1 amide bonds. The van der Waals surface area contributed by atoms with Crippen LogP contribution in [0.3, 0.4) is 0 Å². The highest BCUT2D eigenvalue weighted by molar-refractivity contribution is 5.86. The topological polar surface area (TPSA) is 107 Å². The highest BCUT2D eigenvalue weighted by atomic mass is 19.4. The van der Waals surface area contributed by atoms with Crippen LogP contribution >= 0.6 is 0 Å². The van der Waals surface area contributed by atoms with Crippen LogP contribution in [-0.4, -0.2) is 52.8 Å². The SMILES string of the molecule is COC1(C(=O)N2Cc3c(n4c(nc3=N[C@H](C)c3cc(N)cc(C(F)(F)F)c3)NCC4)C2)CCOCC1. The Balaban J connectivity index is 1.52. The van der Waals surface area contributed by atoms with Crippen molar-refractivity contribution >= 4 is 17.5 Å². The van der Waals surface area contributed by atoms with Crippen LogP contribution in [-0.2, 0) is 40.1 Å². The molecule has 3 aliphatic rings. The molecule has 2 aromatic rings. The van der Waals surface area contributed by atoms with Gasteiger partial charge in [0, 0.05) is 63.2 Å². The molecule has 5 rings (SSSR count). The molecule has 194 valence electrons. The summed E-state index contributed by atoms with van der Waals surface area (Å²) in [4.78, 5) is 24.7. The number of ether oxygens (including phenoxy) is 2. The van der Waals surface area contributed by atoms with Gasteiger partial charge in [0.1, 0.15) is 0 Å². The lowest BCUT2D eigenvalue weighted by atomic mass is 9.92. The number of alkyl halides is 3. The van der Waals surface area contributed by atoms with Crippen molar-refractivity contribution in [3.05, 3.63) is 46.1 Å². The zero-order chi connectivity index (χ0) is 25.7. The van der Waals surface area contributed by atoms with Gasteiger partial charge in [0.15, 0.2) is 11.1 Å². The van der Waals surface area contributed by atoms with E-state index in [0.717, 1.165) is 23.4 Å². The van der Waals surface area contributed by atoms with Gasteiger partial charge in [0.05, 0.1) is 24.7 Å². The predicted octanol–water partition coefficient (Wildman–Crippen LogP) is 2.61. The van der Waals surface area contributed by atoms with E-state index in [-0.39, 0.29) is 11.6 Å². The summed E-state index contributed by atoms with van der Waals surface area (Å²) in [6.07, 6.45) is -3.56. The van der Waals surface area contributed by atoms with Crippen LogP contribution in [0, 0.1) is 0 Å². The molecule has 4 heterocycles. The van der Waals surface area contributed by atoms with Crippen LogP contribution < -0.4 is 16.5 Å². The normalized spacial score (nSPS) is 20.1. The molecule has 9 nitrogen and oxygen atoms in total. The molecule has 12 heteroatoms. The predicted molar refractivity (Wildman–Crippen MR) is 125 cm³/mol. The Morgan fingerprint density at radius 3 is 2.72 bits per heavy atom. The van der Waals surface area contributed by atoms with Gasteiger partial charge in [-0.05, 0) is 30.7 Å². The molecule has 0 unspecified atom stereocenters. The average Bonchev–Trinajstić information content (AvgIpc) is 3.50. The van der Waals surface area contributed by atoms with Gasteiger partial charge in [-0.1, -0.05) is 0 Å². The third-order valence-electron chi connectivity index (χ3n) is 7.19. The van der Waals surface area contributed by atoms with Gasteiger partial charge in [-0.2, -0.15) is 18.2 Å². The van der Waals surface area contributed by atoms with E-state index in [1.54, 1.807) is 18.9 Å². The van der Waals surface area contributed by atoms with Crippen LogP contribution in [0.25, 0.3) is 0 Å². The standard InChI is InChI=1S/C24H29F3N6O3/c1-14(15-9-16(24(25,26)27)11-17(28)10-15)30-20-18-12-32(13-19(18)33-6-5-29-22(33)31-20)21(34)23(35-2)3-7-36-8-4-23/h9-11,14H,3-8,12-13,28H2,1-2H3,(H,29,30,31)/t14-/m1/s1. The fourth-order valence-electron chi connectivity index (χ4n) is 5.16. The first-order valence-electron chi connectivity index (χ1n) is 11.9. The zero-order valence-corrected chi connectivity index (χ0v) is 20.2. The number of hydrogen-bond donors (Lipinski definition) is 2. The van der Waals surface area contributed by atoms with Crippen LogP contribution in [0.5, 0.6) is 0 Å². The van der Waals surface area contributed by atoms with Crippen LogP contribution in [0.2, 0.25) is 0 Å². The van der Waals surface area contributed by atoms with Crippen LogP contribution in [0.1, 0.15) is 48.2 Å². The third kappa shape index (κ3) is 4.32. The average molecular weight is 507 g/mol. The van der Waals surface area contributed by atoms with E-state index in [1.165, 1.54) is 6.07 Å². The van der Waals surface area contributed by atoms with E-state index in [2.05, 4.69) is 10.3 Å². The van der Waals surface area contributed by atoms with E-state index in [9.17, 15) is 18.0 Å². The number of halogens is 3. The lowest BCUT2D eigenvalue weighted by Gasteiger charge is -2.37. The summed E-state index contributed by atoms with van der Waals surface area (Å²) < 4.78 is 53.2. The Morgan fingerprint density at radius 1 is 1.28 bits per heavy atom. The molecule has 0 spiro atoms. The maximum absolute atomic E-state index is 13.6. The number of hydrogen-bond acceptors (Lipinski definition) is 7. The maximum Gasteiger partial charge on any atom is 0.416 e. The Labute approximate surface area is 206 Å². The number of carbonyl (C=O) groups excluding carboxylic acids is 1. The number of rotatable bonds is 4. The minimum absolute atomic E-state index is 0.0179. The van der Waals surface area contributed by atoms with Gasteiger partial charge in [-0.25, -0.2) is 0 Å². The number of methoxy groups -OCH3 is 1. The number of anilines is 2. The summed E-state index contributed by atoms with van der Waals surface area (Å²) in [5.41, 5.74) is 6.49. The number of nitrogens with one attached hydrogen (secondary N) is 1. The van der Waals surface area contributed by atoms with Gasteiger partial charge in [0.2, 0.25) is 5.95 Å². The van der Waals surface area contributed by atoms with Crippen molar-refractivity contribution in [1.29, 1.82) is 0 Å². The Hall–Kier alpha value is -3.12. The molecule has 36 heavy (non-hydrogen) atoms. The van der Waals surface area contributed by atoms with Crippen LogP contribution in [0.4, 0.5) is 24.8 Å². The second-order valence-electron chi connectivity index (χ2n) is 9.43. The highest BCUT2D eigenvalue weighted by Crippen LogP contribution is 2.34. The van der Waals surface area contributed by atoms with Gasteiger partial charge in [-0.15, -0.1) is 0 Å². The Bertz CT molecular complexity index is 1250. The maximum atomic E-state index is 13.6. The van der Waals surface area contributed by atoms with Gasteiger partial charge >= 0.3 is 6.18 Å². The van der Waals surface area contributed by atoms with Crippen molar-refractivity contribution in [3.8, 4) is 0 Å². The quantitative estimate of drug-likeness (QED) is 0.618. The van der Waals surface area contributed by atoms with Crippen molar-refractivity contribution in [2.45, 2.75) is 57.2 Å². The first-order chi connectivity index (χ1) is 17.1. The first-order valence-corrected chi connectivity index (χ1v) is 11.9. The van der Waals surface area contributed by atoms with E-state index < -0.39 is 23.4 Å². The van der Waals surface area contributed by atoms with E-state index in [1.807, 2.05) is 4.57 Å². The van der Waals surface area contributed by atoms with Gasteiger partial charge in [0.25, 0.3) is 5.91 Å². The zero-order valence-electron chi connectivity index (χ0n) is 20.2.